The van der Waals surface area contributed by atoms with Crippen molar-refractivity contribution in [3.8, 4) is 0 Å². The predicted molar refractivity (Wildman–Crippen MR) is 122 cm³/mol. The Morgan fingerprint density at radius 2 is 1.69 bits per heavy atom. The molecule has 2 aliphatic rings. The first kappa shape index (κ1) is 20.1. The van der Waals surface area contributed by atoms with E-state index in [1.54, 1.807) is 11.8 Å². The van der Waals surface area contributed by atoms with Crippen LogP contribution >= 0.6 is 11.8 Å². The van der Waals surface area contributed by atoms with Crippen LogP contribution in [0.25, 0.3) is 0 Å². The Balaban J connectivity index is 1.32. The summed E-state index contributed by atoms with van der Waals surface area (Å²) in [4.78, 5) is 21.0. The molecule has 4 rings (SSSR count). The fourth-order valence-corrected chi connectivity index (χ4v) is 4.92. The van der Waals surface area contributed by atoms with E-state index in [4.69, 9.17) is 0 Å². The Hall–Kier alpha value is -2.18. The maximum atomic E-state index is 12.9. The molecule has 0 saturated carbocycles. The molecule has 1 N–H and O–H groups in total. The van der Waals surface area contributed by atoms with Crippen molar-refractivity contribution in [2.45, 2.75) is 23.8 Å². The fourth-order valence-electron chi connectivity index (χ4n) is 4.36. The summed E-state index contributed by atoms with van der Waals surface area (Å²) in [7, 11) is 0. The fraction of sp³-hybridized carbons (Fsp3) is 0.435. The van der Waals surface area contributed by atoms with Crippen molar-refractivity contribution in [2.24, 2.45) is 0 Å². The van der Waals surface area contributed by atoms with Crippen molar-refractivity contribution in [3.05, 3.63) is 54.6 Å². The lowest BCUT2D eigenvalue weighted by atomic mass is 10.0. The maximum Gasteiger partial charge on any atom is 0.321 e. The third-order valence-corrected chi connectivity index (χ3v) is 6.78. The van der Waals surface area contributed by atoms with Crippen LogP contribution in [0.4, 0.5) is 16.2 Å². The van der Waals surface area contributed by atoms with Crippen molar-refractivity contribution in [2.75, 3.05) is 55.7 Å². The van der Waals surface area contributed by atoms with Gasteiger partial charge in [0.1, 0.15) is 0 Å². The van der Waals surface area contributed by atoms with Gasteiger partial charge >= 0.3 is 6.03 Å². The minimum atomic E-state index is 0.0270. The smallest absolute Gasteiger partial charge is 0.321 e. The van der Waals surface area contributed by atoms with E-state index in [-0.39, 0.29) is 6.03 Å². The number of piperazine rings is 1. The molecule has 1 atom stereocenters. The molecule has 6 heteroatoms. The second-order valence-electron chi connectivity index (χ2n) is 7.73. The lowest BCUT2D eigenvalue weighted by Crippen LogP contribution is -2.56. The normalized spacial score (nSPS) is 20.5. The van der Waals surface area contributed by atoms with Gasteiger partial charge in [0.05, 0.1) is 5.69 Å². The van der Waals surface area contributed by atoms with Gasteiger partial charge in [0.25, 0.3) is 0 Å². The molecule has 2 aliphatic heterocycles. The van der Waals surface area contributed by atoms with Gasteiger partial charge in [0, 0.05) is 55.9 Å². The molecular weight excluding hydrogens is 380 g/mol. The van der Waals surface area contributed by atoms with Gasteiger partial charge in [-0.2, -0.15) is 0 Å². The van der Waals surface area contributed by atoms with Crippen LogP contribution in [0, 0.1) is 0 Å². The lowest BCUT2D eigenvalue weighted by Gasteiger charge is -2.43. The largest absolute Gasteiger partial charge is 0.369 e. The lowest BCUT2D eigenvalue weighted by molar-refractivity contribution is 0.108. The predicted octanol–water partition coefficient (Wildman–Crippen LogP) is 4.23. The number of likely N-dealkylation sites (tertiary alicyclic amines) is 1. The van der Waals surface area contributed by atoms with Gasteiger partial charge < -0.3 is 15.1 Å². The highest BCUT2D eigenvalue weighted by Crippen LogP contribution is 2.26. The van der Waals surface area contributed by atoms with Crippen molar-refractivity contribution in [1.82, 2.24) is 9.80 Å². The van der Waals surface area contributed by atoms with Crippen molar-refractivity contribution < 1.29 is 4.79 Å². The minimum Gasteiger partial charge on any atom is -0.369 e. The number of piperidine rings is 1. The molecule has 2 aromatic carbocycles. The quantitative estimate of drug-likeness (QED) is 0.766. The third kappa shape index (κ3) is 4.87. The number of carbonyl (C=O) groups is 1. The van der Waals surface area contributed by atoms with E-state index in [1.807, 2.05) is 35.4 Å². The molecule has 0 aliphatic carbocycles. The number of hydrogen-bond donors (Lipinski definition) is 1. The summed E-state index contributed by atoms with van der Waals surface area (Å²) in [6.45, 7) is 5.88. The van der Waals surface area contributed by atoms with E-state index in [2.05, 4.69) is 45.4 Å². The van der Waals surface area contributed by atoms with Crippen LogP contribution in [-0.2, 0) is 0 Å². The first-order valence-corrected chi connectivity index (χ1v) is 11.7. The number of benzene rings is 2. The summed E-state index contributed by atoms with van der Waals surface area (Å²) < 4.78 is 0. The van der Waals surface area contributed by atoms with Gasteiger partial charge in [-0.3, -0.25) is 4.90 Å². The second-order valence-corrected chi connectivity index (χ2v) is 8.58. The van der Waals surface area contributed by atoms with Crippen molar-refractivity contribution >= 4 is 29.2 Å². The second kappa shape index (κ2) is 9.55. The van der Waals surface area contributed by atoms with Gasteiger partial charge in [0.15, 0.2) is 0 Å². The van der Waals surface area contributed by atoms with Crippen LogP contribution in [-0.4, -0.2) is 67.4 Å². The van der Waals surface area contributed by atoms with Crippen LogP contribution in [0.5, 0.6) is 0 Å². The van der Waals surface area contributed by atoms with Crippen LogP contribution < -0.4 is 10.2 Å². The van der Waals surface area contributed by atoms with Crippen molar-refractivity contribution in [3.63, 3.8) is 0 Å². The zero-order valence-electron chi connectivity index (χ0n) is 17.1. The summed E-state index contributed by atoms with van der Waals surface area (Å²) in [6.07, 6.45) is 4.29. The number of hydrogen-bond acceptors (Lipinski definition) is 4. The van der Waals surface area contributed by atoms with E-state index in [9.17, 15) is 4.79 Å². The van der Waals surface area contributed by atoms with E-state index >= 15 is 0 Å². The molecule has 2 heterocycles. The van der Waals surface area contributed by atoms with Crippen LogP contribution in [0.3, 0.4) is 0 Å². The molecule has 0 radical (unpaired) electrons. The Bertz CT molecular complexity index is 808. The first-order valence-electron chi connectivity index (χ1n) is 10.5. The number of nitrogens with zero attached hydrogens (tertiary/aromatic N) is 3. The molecule has 5 nitrogen and oxygen atoms in total. The van der Waals surface area contributed by atoms with Gasteiger partial charge in [-0.25, -0.2) is 4.79 Å². The number of nitrogens with one attached hydrogen (secondary N) is 1. The molecule has 2 saturated heterocycles. The number of thioether (sulfide) groups is 1. The summed E-state index contributed by atoms with van der Waals surface area (Å²) in [5.74, 6) is 0. The van der Waals surface area contributed by atoms with Crippen LogP contribution in [0.15, 0.2) is 59.5 Å². The molecular formula is C23H30N4OS. The number of para-hydroxylation sites is 2. The first-order chi connectivity index (χ1) is 14.2. The number of amides is 2. The highest BCUT2D eigenvalue weighted by molar-refractivity contribution is 7.98. The zero-order chi connectivity index (χ0) is 20.1. The van der Waals surface area contributed by atoms with Crippen LogP contribution in [0.2, 0.25) is 0 Å². The molecule has 0 spiro atoms. The minimum absolute atomic E-state index is 0.0270. The van der Waals surface area contributed by atoms with E-state index < -0.39 is 0 Å². The SMILES string of the molecule is CSc1ccccc1NC(=O)N1CCC[C@H](N2CCN(c3ccccc3)CC2)C1. The molecule has 154 valence electrons. The average molecular weight is 411 g/mol. The summed E-state index contributed by atoms with van der Waals surface area (Å²) in [6, 6.07) is 19.2. The monoisotopic (exact) mass is 410 g/mol. The molecule has 29 heavy (non-hydrogen) atoms. The highest BCUT2D eigenvalue weighted by Gasteiger charge is 2.30. The summed E-state index contributed by atoms with van der Waals surface area (Å²) in [5, 5.41) is 3.12. The molecule has 2 amide bonds. The molecule has 2 fully saturated rings. The summed E-state index contributed by atoms with van der Waals surface area (Å²) in [5.41, 5.74) is 2.22. The van der Waals surface area contributed by atoms with E-state index in [0.717, 1.165) is 56.3 Å². The average Bonchev–Trinajstić information content (AvgIpc) is 2.80. The van der Waals surface area contributed by atoms with Gasteiger partial charge in [-0.15, -0.1) is 11.8 Å². The van der Waals surface area contributed by atoms with E-state index in [0.29, 0.717) is 6.04 Å². The maximum absolute atomic E-state index is 12.9. The molecule has 2 aromatic rings. The third-order valence-electron chi connectivity index (χ3n) is 5.98. The van der Waals surface area contributed by atoms with Gasteiger partial charge in [-0.05, 0) is 43.4 Å². The Morgan fingerprint density at radius 3 is 2.45 bits per heavy atom. The van der Waals surface area contributed by atoms with Crippen LogP contribution in [0.1, 0.15) is 12.8 Å². The number of carbonyl (C=O) groups excluding carboxylic acids is 1. The number of anilines is 2. The molecule has 0 unspecified atom stereocenters. The molecule has 0 bridgehead atoms. The highest BCUT2D eigenvalue weighted by atomic mass is 32.2. The standard InChI is InChI=1S/C23H30N4OS/c1-29-22-12-6-5-11-21(22)24-23(28)27-13-7-10-20(18-27)26-16-14-25(15-17-26)19-8-3-2-4-9-19/h2-6,8-9,11-12,20H,7,10,13-18H2,1H3,(H,24,28)/t20-/m0/s1. The Labute approximate surface area is 178 Å². The Kier molecular flexibility index (Phi) is 6.62. The molecule has 0 aromatic heterocycles. The number of rotatable bonds is 4. The van der Waals surface area contributed by atoms with Gasteiger partial charge in [0.2, 0.25) is 0 Å². The van der Waals surface area contributed by atoms with Crippen molar-refractivity contribution in [1.29, 1.82) is 0 Å². The topological polar surface area (TPSA) is 38.8 Å². The number of urea groups is 1. The summed E-state index contributed by atoms with van der Waals surface area (Å²) >= 11 is 1.66. The van der Waals surface area contributed by atoms with E-state index in [1.165, 1.54) is 12.1 Å². The Morgan fingerprint density at radius 1 is 0.966 bits per heavy atom. The van der Waals surface area contributed by atoms with Gasteiger partial charge in [-0.1, -0.05) is 30.3 Å². The zero-order valence-corrected chi connectivity index (χ0v) is 17.9.